The molecule has 2 rings (SSSR count). The van der Waals surface area contributed by atoms with Gasteiger partial charge in [-0.15, -0.1) is 11.3 Å². The van der Waals surface area contributed by atoms with Crippen LogP contribution < -0.4 is 10.1 Å². The fraction of sp³-hybridized carbons (Fsp3) is 0.412. The first kappa shape index (κ1) is 16.5. The molecule has 1 aromatic heterocycles. The van der Waals surface area contributed by atoms with Crippen molar-refractivity contribution in [3.05, 3.63) is 51.1 Å². The summed E-state index contributed by atoms with van der Waals surface area (Å²) in [5, 5.41) is 3.62. The lowest BCUT2D eigenvalue weighted by Gasteiger charge is -2.18. The van der Waals surface area contributed by atoms with Gasteiger partial charge >= 0.3 is 0 Å². The molecule has 1 aromatic carbocycles. The van der Waals surface area contributed by atoms with Crippen LogP contribution in [0.1, 0.15) is 24.6 Å². The standard InChI is InChI=1S/C17H22BrNOS/c1-2-11-19-14(13-16-8-9-17(18)21-16)10-12-20-15-6-4-3-5-7-15/h3-9,14,19H,2,10-13H2,1H3. The van der Waals surface area contributed by atoms with E-state index in [-0.39, 0.29) is 0 Å². The van der Waals surface area contributed by atoms with Crippen LogP contribution in [-0.4, -0.2) is 19.2 Å². The van der Waals surface area contributed by atoms with E-state index in [9.17, 15) is 0 Å². The highest BCUT2D eigenvalue weighted by Gasteiger charge is 2.10. The van der Waals surface area contributed by atoms with Gasteiger partial charge in [-0.1, -0.05) is 25.1 Å². The molecule has 1 heterocycles. The number of thiophene rings is 1. The number of halogens is 1. The second kappa shape index (κ2) is 9.23. The lowest BCUT2D eigenvalue weighted by molar-refractivity contribution is 0.285. The second-order valence-corrected chi connectivity index (χ2v) is 7.56. The summed E-state index contributed by atoms with van der Waals surface area (Å²) in [6, 6.07) is 14.8. The number of para-hydroxylation sites is 1. The molecule has 1 N–H and O–H groups in total. The van der Waals surface area contributed by atoms with Crippen molar-refractivity contribution in [3.63, 3.8) is 0 Å². The minimum Gasteiger partial charge on any atom is -0.494 e. The zero-order valence-electron chi connectivity index (χ0n) is 12.3. The van der Waals surface area contributed by atoms with Gasteiger partial charge in [-0.3, -0.25) is 0 Å². The minimum atomic E-state index is 0.471. The van der Waals surface area contributed by atoms with E-state index in [2.05, 4.69) is 40.3 Å². The number of hydrogen-bond donors (Lipinski definition) is 1. The molecule has 2 nitrogen and oxygen atoms in total. The van der Waals surface area contributed by atoms with E-state index in [1.54, 1.807) is 0 Å². The van der Waals surface area contributed by atoms with Gasteiger partial charge in [0.05, 0.1) is 10.4 Å². The second-order valence-electron chi connectivity index (χ2n) is 5.01. The largest absolute Gasteiger partial charge is 0.494 e. The Morgan fingerprint density at radius 3 is 2.67 bits per heavy atom. The van der Waals surface area contributed by atoms with Gasteiger partial charge in [-0.2, -0.15) is 0 Å². The van der Waals surface area contributed by atoms with E-state index < -0.39 is 0 Å². The number of hydrogen-bond acceptors (Lipinski definition) is 3. The Labute approximate surface area is 139 Å². The smallest absolute Gasteiger partial charge is 0.119 e. The highest BCUT2D eigenvalue weighted by atomic mass is 79.9. The molecule has 0 amide bonds. The molecule has 2 aromatic rings. The van der Waals surface area contributed by atoms with Crippen LogP contribution in [0.5, 0.6) is 5.75 Å². The third-order valence-corrected chi connectivity index (χ3v) is 4.88. The first-order chi connectivity index (χ1) is 10.3. The first-order valence-electron chi connectivity index (χ1n) is 7.43. The van der Waals surface area contributed by atoms with Crippen molar-refractivity contribution >= 4 is 27.3 Å². The maximum atomic E-state index is 5.81. The predicted molar refractivity (Wildman–Crippen MR) is 94.4 cm³/mol. The molecular formula is C17H22BrNOS. The zero-order valence-corrected chi connectivity index (χ0v) is 14.8. The molecule has 0 bridgehead atoms. The van der Waals surface area contributed by atoms with E-state index >= 15 is 0 Å². The summed E-state index contributed by atoms with van der Waals surface area (Å²) in [6.07, 6.45) is 3.24. The van der Waals surface area contributed by atoms with E-state index in [0.717, 1.165) is 38.2 Å². The monoisotopic (exact) mass is 367 g/mol. The summed E-state index contributed by atoms with van der Waals surface area (Å²) in [4.78, 5) is 1.41. The normalized spacial score (nSPS) is 12.3. The van der Waals surface area contributed by atoms with E-state index in [0.29, 0.717) is 6.04 Å². The number of benzene rings is 1. The average Bonchev–Trinajstić information content (AvgIpc) is 2.91. The quantitative estimate of drug-likeness (QED) is 0.680. The van der Waals surface area contributed by atoms with Crippen molar-refractivity contribution in [1.82, 2.24) is 5.32 Å². The SMILES string of the molecule is CCCNC(CCOc1ccccc1)Cc1ccc(Br)s1. The highest BCUT2D eigenvalue weighted by molar-refractivity contribution is 9.11. The molecule has 0 saturated carbocycles. The van der Waals surface area contributed by atoms with Crippen molar-refractivity contribution in [2.24, 2.45) is 0 Å². The lowest BCUT2D eigenvalue weighted by Crippen LogP contribution is -2.33. The van der Waals surface area contributed by atoms with Crippen molar-refractivity contribution in [2.45, 2.75) is 32.2 Å². The molecule has 114 valence electrons. The Balaban J connectivity index is 1.81. The summed E-state index contributed by atoms with van der Waals surface area (Å²) in [5.41, 5.74) is 0. The summed E-state index contributed by atoms with van der Waals surface area (Å²) in [7, 11) is 0. The van der Waals surface area contributed by atoms with Crippen molar-refractivity contribution < 1.29 is 4.74 Å². The summed E-state index contributed by atoms with van der Waals surface area (Å²) < 4.78 is 7.01. The molecule has 0 aliphatic heterocycles. The van der Waals surface area contributed by atoms with Crippen LogP contribution in [0.3, 0.4) is 0 Å². The van der Waals surface area contributed by atoms with Gasteiger partial charge in [0.15, 0.2) is 0 Å². The fourth-order valence-corrected chi connectivity index (χ4v) is 3.73. The Kier molecular flexibility index (Phi) is 7.27. The molecular weight excluding hydrogens is 346 g/mol. The summed E-state index contributed by atoms with van der Waals surface area (Å²) in [6.45, 7) is 4.01. The van der Waals surface area contributed by atoms with Gasteiger partial charge in [-0.05, 0) is 66.0 Å². The number of rotatable bonds is 9. The maximum absolute atomic E-state index is 5.81. The van der Waals surface area contributed by atoms with Gasteiger partial charge < -0.3 is 10.1 Å². The van der Waals surface area contributed by atoms with Crippen LogP contribution in [-0.2, 0) is 6.42 Å². The molecule has 0 saturated heterocycles. The number of ether oxygens (including phenoxy) is 1. The molecule has 0 aliphatic rings. The van der Waals surface area contributed by atoms with Crippen LogP contribution in [0.2, 0.25) is 0 Å². The van der Waals surface area contributed by atoms with E-state index in [1.807, 2.05) is 41.7 Å². The van der Waals surface area contributed by atoms with Gasteiger partial charge in [0, 0.05) is 10.9 Å². The summed E-state index contributed by atoms with van der Waals surface area (Å²) in [5.74, 6) is 0.950. The topological polar surface area (TPSA) is 21.3 Å². The predicted octanol–water partition coefficient (Wildman–Crippen LogP) is 4.89. The van der Waals surface area contributed by atoms with Gasteiger partial charge in [0.1, 0.15) is 5.75 Å². The Hall–Kier alpha value is -0.840. The molecule has 0 spiro atoms. The van der Waals surface area contributed by atoms with Crippen LogP contribution >= 0.6 is 27.3 Å². The third kappa shape index (κ3) is 6.20. The van der Waals surface area contributed by atoms with Gasteiger partial charge in [-0.25, -0.2) is 0 Å². The zero-order chi connectivity index (χ0) is 14.9. The van der Waals surface area contributed by atoms with Crippen LogP contribution in [0.25, 0.3) is 0 Å². The molecule has 1 atom stereocenters. The van der Waals surface area contributed by atoms with Gasteiger partial charge in [0.25, 0.3) is 0 Å². The van der Waals surface area contributed by atoms with Gasteiger partial charge in [0.2, 0.25) is 0 Å². The number of nitrogens with one attached hydrogen (secondary N) is 1. The molecule has 4 heteroatoms. The Morgan fingerprint density at radius 2 is 2.00 bits per heavy atom. The van der Waals surface area contributed by atoms with Crippen LogP contribution in [0.15, 0.2) is 46.3 Å². The summed E-state index contributed by atoms with van der Waals surface area (Å²) >= 11 is 5.35. The van der Waals surface area contributed by atoms with Crippen molar-refractivity contribution in [2.75, 3.05) is 13.2 Å². The first-order valence-corrected chi connectivity index (χ1v) is 9.04. The maximum Gasteiger partial charge on any atom is 0.119 e. The van der Waals surface area contributed by atoms with Crippen LogP contribution in [0.4, 0.5) is 0 Å². The molecule has 21 heavy (non-hydrogen) atoms. The Bertz CT molecular complexity index is 515. The fourth-order valence-electron chi connectivity index (χ4n) is 2.16. The highest BCUT2D eigenvalue weighted by Crippen LogP contribution is 2.23. The van der Waals surface area contributed by atoms with Crippen molar-refractivity contribution in [3.8, 4) is 5.75 Å². The molecule has 1 unspecified atom stereocenters. The molecule has 0 fully saturated rings. The van der Waals surface area contributed by atoms with E-state index in [4.69, 9.17) is 4.74 Å². The average molecular weight is 368 g/mol. The molecule has 0 radical (unpaired) electrons. The Morgan fingerprint density at radius 1 is 1.19 bits per heavy atom. The van der Waals surface area contributed by atoms with Crippen LogP contribution in [0, 0.1) is 0 Å². The lowest BCUT2D eigenvalue weighted by atomic mass is 10.1. The minimum absolute atomic E-state index is 0.471. The molecule has 0 aliphatic carbocycles. The van der Waals surface area contributed by atoms with Crippen molar-refractivity contribution in [1.29, 1.82) is 0 Å². The third-order valence-electron chi connectivity index (χ3n) is 3.24. The van der Waals surface area contributed by atoms with E-state index in [1.165, 1.54) is 8.66 Å².